The van der Waals surface area contributed by atoms with E-state index in [0.29, 0.717) is 38.4 Å². The van der Waals surface area contributed by atoms with E-state index in [9.17, 15) is 13.2 Å². The van der Waals surface area contributed by atoms with Crippen LogP contribution in [-0.4, -0.2) is 59.7 Å². The molecule has 0 unspecified atom stereocenters. The lowest BCUT2D eigenvalue weighted by Gasteiger charge is -2.38. The molecule has 6 nitrogen and oxygen atoms in total. The number of anilines is 1. The van der Waals surface area contributed by atoms with E-state index in [1.807, 2.05) is 22.6 Å². The molecule has 1 aliphatic rings. The Morgan fingerprint density at radius 3 is 2.59 bits per heavy atom. The van der Waals surface area contributed by atoms with Gasteiger partial charge in [-0.15, -0.1) is 24.0 Å². The first-order valence-electron chi connectivity index (χ1n) is 9.38. The molecule has 1 aromatic carbocycles. The molecule has 0 aliphatic carbocycles. The molecule has 0 bridgehead atoms. The smallest absolute Gasteiger partial charge is 0.368 e. The van der Waals surface area contributed by atoms with Crippen molar-refractivity contribution in [3.05, 3.63) is 48.5 Å². The highest BCUT2D eigenvalue weighted by Crippen LogP contribution is 2.31. The van der Waals surface area contributed by atoms with Crippen molar-refractivity contribution in [2.45, 2.75) is 19.6 Å². The van der Waals surface area contributed by atoms with Crippen LogP contribution in [0.15, 0.2) is 48.0 Å². The second-order valence-electron chi connectivity index (χ2n) is 6.56. The number of rotatable bonds is 5. The molecule has 0 saturated carbocycles. The van der Waals surface area contributed by atoms with Gasteiger partial charge in [0.05, 0.1) is 18.4 Å². The third-order valence-corrected chi connectivity index (χ3v) is 4.63. The average Bonchev–Trinajstić information content (AvgIpc) is 3.20. The molecule has 0 radical (unpaired) electrons. The van der Waals surface area contributed by atoms with E-state index in [2.05, 4.69) is 20.2 Å². The lowest BCUT2D eigenvalue weighted by atomic mass is 10.1. The molecule has 1 fully saturated rings. The van der Waals surface area contributed by atoms with E-state index in [0.717, 1.165) is 25.1 Å². The van der Waals surface area contributed by atoms with Gasteiger partial charge in [-0.1, -0.05) is 6.07 Å². The summed E-state index contributed by atoms with van der Waals surface area (Å²) in [6.07, 6.45) is 1.08. The topological polar surface area (TPSA) is 48.7 Å². The summed E-state index contributed by atoms with van der Waals surface area (Å²) in [6.45, 7) is 6.86. The second kappa shape index (κ2) is 10.7. The number of benzene rings is 1. The van der Waals surface area contributed by atoms with Gasteiger partial charge in [-0.3, -0.25) is 4.99 Å². The number of hydrogen-bond acceptors (Lipinski definition) is 3. The zero-order valence-electron chi connectivity index (χ0n) is 16.3. The Kier molecular flexibility index (Phi) is 8.60. The molecule has 1 aromatic heterocycles. The zero-order chi connectivity index (χ0) is 20.0. The highest BCUT2D eigenvalue weighted by Gasteiger charge is 2.31. The van der Waals surface area contributed by atoms with Crippen molar-refractivity contribution in [3.8, 4) is 0 Å². The number of halogens is 4. The molecule has 2 heterocycles. The predicted octanol–water partition coefficient (Wildman–Crippen LogP) is 3.31. The van der Waals surface area contributed by atoms with E-state index in [1.54, 1.807) is 18.6 Å². The molecule has 1 aliphatic heterocycles. The Labute approximate surface area is 185 Å². The first-order valence-corrected chi connectivity index (χ1v) is 9.38. The third-order valence-electron chi connectivity index (χ3n) is 4.63. The van der Waals surface area contributed by atoms with Gasteiger partial charge in [0.25, 0.3) is 0 Å². The largest absolute Gasteiger partial charge is 0.416 e. The molecule has 160 valence electrons. The minimum Gasteiger partial charge on any atom is -0.368 e. The summed E-state index contributed by atoms with van der Waals surface area (Å²) in [5, 5.41) is 3.30. The van der Waals surface area contributed by atoms with Crippen LogP contribution in [0.5, 0.6) is 0 Å². The molecule has 3 rings (SSSR count). The number of piperazine rings is 1. The maximum atomic E-state index is 13.0. The van der Waals surface area contributed by atoms with Crippen molar-refractivity contribution in [3.63, 3.8) is 0 Å². The summed E-state index contributed by atoms with van der Waals surface area (Å²) in [5.74, 6) is 0.839. The summed E-state index contributed by atoms with van der Waals surface area (Å²) in [6, 6.07) is 5.53. The minimum atomic E-state index is -4.32. The van der Waals surface area contributed by atoms with Gasteiger partial charge in [0, 0.05) is 57.3 Å². The Balaban J connectivity index is 0.00000300. The van der Waals surface area contributed by atoms with Gasteiger partial charge >= 0.3 is 6.18 Å². The van der Waals surface area contributed by atoms with Gasteiger partial charge in [-0.25, -0.2) is 4.98 Å². The normalized spacial score (nSPS) is 15.2. The number of imidazole rings is 1. The summed E-state index contributed by atoms with van der Waals surface area (Å²) >= 11 is 0. The van der Waals surface area contributed by atoms with Crippen molar-refractivity contribution >= 4 is 35.6 Å². The van der Waals surface area contributed by atoms with Crippen LogP contribution >= 0.6 is 24.0 Å². The molecule has 1 saturated heterocycles. The van der Waals surface area contributed by atoms with E-state index < -0.39 is 11.7 Å². The van der Waals surface area contributed by atoms with Gasteiger partial charge in [0.1, 0.15) is 0 Å². The van der Waals surface area contributed by atoms with Gasteiger partial charge < -0.3 is 19.7 Å². The van der Waals surface area contributed by atoms with Crippen LogP contribution in [0.3, 0.4) is 0 Å². The third kappa shape index (κ3) is 6.51. The lowest BCUT2D eigenvalue weighted by molar-refractivity contribution is -0.137. The minimum absolute atomic E-state index is 0. The lowest BCUT2D eigenvalue weighted by Crippen LogP contribution is -2.52. The van der Waals surface area contributed by atoms with Crippen LogP contribution in [0.4, 0.5) is 18.9 Å². The van der Waals surface area contributed by atoms with Crippen molar-refractivity contribution in [1.82, 2.24) is 19.8 Å². The number of aliphatic imine (C=N–C) groups is 1. The van der Waals surface area contributed by atoms with Gasteiger partial charge in [0.2, 0.25) is 0 Å². The van der Waals surface area contributed by atoms with Crippen LogP contribution in [-0.2, 0) is 12.7 Å². The summed E-state index contributed by atoms with van der Waals surface area (Å²) < 4.78 is 40.8. The van der Waals surface area contributed by atoms with E-state index >= 15 is 0 Å². The van der Waals surface area contributed by atoms with Crippen molar-refractivity contribution in [1.29, 1.82) is 0 Å². The van der Waals surface area contributed by atoms with E-state index in [4.69, 9.17) is 0 Å². The number of hydrogen-bond donors (Lipinski definition) is 1. The monoisotopic (exact) mass is 522 g/mol. The molecule has 0 amide bonds. The summed E-state index contributed by atoms with van der Waals surface area (Å²) in [7, 11) is 0. The molecule has 29 heavy (non-hydrogen) atoms. The highest BCUT2D eigenvalue weighted by molar-refractivity contribution is 14.0. The molecule has 10 heteroatoms. The van der Waals surface area contributed by atoms with E-state index in [-0.39, 0.29) is 24.0 Å². The maximum absolute atomic E-state index is 13.0. The summed E-state index contributed by atoms with van der Waals surface area (Å²) in [5.41, 5.74) is -0.00152. The fraction of sp³-hybridized carbons (Fsp3) is 0.474. The van der Waals surface area contributed by atoms with Crippen LogP contribution in [0, 0.1) is 0 Å². The fourth-order valence-corrected chi connectivity index (χ4v) is 3.17. The number of nitrogens with zero attached hydrogens (tertiary/aromatic N) is 5. The maximum Gasteiger partial charge on any atom is 0.416 e. The Bertz CT molecular complexity index is 771. The predicted molar refractivity (Wildman–Crippen MR) is 119 cm³/mol. The SMILES string of the molecule is CCNC(=NCCn1ccnc1)N1CCN(c2cccc(C(F)(F)F)c2)CC1.I. The van der Waals surface area contributed by atoms with Crippen LogP contribution in [0.2, 0.25) is 0 Å². The molecule has 0 atom stereocenters. The van der Waals surface area contributed by atoms with Gasteiger partial charge in [-0.05, 0) is 25.1 Å². The Hall–Kier alpha value is -1.98. The number of nitrogens with one attached hydrogen (secondary N) is 1. The van der Waals surface area contributed by atoms with Crippen LogP contribution < -0.4 is 10.2 Å². The molecule has 2 aromatic rings. The Morgan fingerprint density at radius 1 is 1.21 bits per heavy atom. The van der Waals surface area contributed by atoms with Crippen LogP contribution in [0.1, 0.15) is 12.5 Å². The first kappa shape index (κ1) is 23.3. The number of aromatic nitrogens is 2. The van der Waals surface area contributed by atoms with E-state index in [1.165, 1.54) is 12.1 Å². The van der Waals surface area contributed by atoms with Gasteiger partial charge in [-0.2, -0.15) is 13.2 Å². The molecule has 1 N–H and O–H groups in total. The van der Waals surface area contributed by atoms with Crippen LogP contribution in [0.25, 0.3) is 0 Å². The molecule has 0 spiro atoms. The zero-order valence-corrected chi connectivity index (χ0v) is 18.6. The van der Waals surface area contributed by atoms with Crippen molar-refractivity contribution in [2.75, 3.05) is 44.2 Å². The quantitative estimate of drug-likeness (QED) is 0.372. The molecular formula is C19H26F3IN6. The first-order chi connectivity index (χ1) is 13.5. The fourth-order valence-electron chi connectivity index (χ4n) is 3.17. The number of alkyl halides is 3. The van der Waals surface area contributed by atoms with Crippen molar-refractivity contribution < 1.29 is 13.2 Å². The van der Waals surface area contributed by atoms with Gasteiger partial charge in [0.15, 0.2) is 5.96 Å². The molecular weight excluding hydrogens is 496 g/mol. The average molecular weight is 522 g/mol. The number of guanidine groups is 1. The standard InChI is InChI=1S/C19H25F3N6.HI/c1-2-24-18(25-7-9-26-8-6-23-15-26)28-12-10-27(11-13-28)17-5-3-4-16(14-17)19(20,21)22;/h3-6,8,14-15H,2,7,9-13H2,1H3,(H,24,25);1H. The van der Waals surface area contributed by atoms with Crippen molar-refractivity contribution in [2.24, 2.45) is 4.99 Å². The highest BCUT2D eigenvalue weighted by atomic mass is 127. The second-order valence-corrected chi connectivity index (χ2v) is 6.56. The summed E-state index contributed by atoms with van der Waals surface area (Å²) in [4.78, 5) is 12.8. The Morgan fingerprint density at radius 2 is 1.97 bits per heavy atom.